The number of hydrogen-bond acceptors (Lipinski definition) is 3. The average Bonchev–Trinajstić information content (AvgIpc) is 2.64. The molecule has 2 aromatic rings. The molecule has 0 unspecified atom stereocenters. The lowest BCUT2D eigenvalue weighted by molar-refractivity contribution is 0.0696. The highest BCUT2D eigenvalue weighted by Gasteiger charge is 2.14. The number of aryl methyl sites for hydroxylation is 2. The molecule has 18 heavy (non-hydrogen) atoms. The Balaban J connectivity index is 2.58. The van der Waals surface area contributed by atoms with Crippen LogP contribution in [0.4, 0.5) is 0 Å². The van der Waals surface area contributed by atoms with Crippen molar-refractivity contribution in [1.82, 2.24) is 14.8 Å². The van der Waals surface area contributed by atoms with Crippen LogP contribution < -0.4 is 0 Å². The zero-order chi connectivity index (χ0) is 13.3. The molecule has 2 heterocycles. The van der Waals surface area contributed by atoms with E-state index in [-0.39, 0.29) is 5.56 Å². The molecule has 94 valence electrons. The topological polar surface area (TPSA) is 68.0 Å². The summed E-state index contributed by atoms with van der Waals surface area (Å²) in [7, 11) is 0. The number of pyridine rings is 1. The van der Waals surface area contributed by atoms with Crippen LogP contribution in [-0.4, -0.2) is 25.8 Å². The minimum Gasteiger partial charge on any atom is -0.478 e. The van der Waals surface area contributed by atoms with Gasteiger partial charge in [0.2, 0.25) is 0 Å². The van der Waals surface area contributed by atoms with Crippen LogP contribution in [0, 0.1) is 13.8 Å². The number of hydrogen-bond donors (Lipinski definition) is 1. The highest BCUT2D eigenvalue weighted by Crippen LogP contribution is 2.26. The fraction of sp³-hybridized carbons (Fsp3) is 0.308. The monoisotopic (exact) mass is 245 g/mol. The molecule has 0 aliphatic carbocycles. The maximum atomic E-state index is 11.0. The molecule has 5 heteroatoms. The normalized spacial score (nSPS) is 10.6. The lowest BCUT2D eigenvalue weighted by atomic mass is 10.0. The fourth-order valence-electron chi connectivity index (χ4n) is 2.12. The highest BCUT2D eigenvalue weighted by molar-refractivity contribution is 5.89. The van der Waals surface area contributed by atoms with Gasteiger partial charge in [-0.1, -0.05) is 0 Å². The molecule has 0 atom stereocenters. The summed E-state index contributed by atoms with van der Waals surface area (Å²) >= 11 is 0. The standard InChI is InChI=1S/C13H15N3O2/c1-4-16-9(3)12(8(2)15-16)10-5-11(13(17)18)7-14-6-10/h5-7H,4H2,1-3H3,(H,17,18). The van der Waals surface area contributed by atoms with Gasteiger partial charge < -0.3 is 5.11 Å². The van der Waals surface area contributed by atoms with Crippen molar-refractivity contribution >= 4 is 5.97 Å². The molecule has 0 fully saturated rings. The molecule has 0 bridgehead atoms. The van der Waals surface area contributed by atoms with Gasteiger partial charge in [0.25, 0.3) is 0 Å². The summed E-state index contributed by atoms with van der Waals surface area (Å²) in [5, 5.41) is 13.4. The van der Waals surface area contributed by atoms with Gasteiger partial charge in [-0.05, 0) is 26.8 Å². The van der Waals surface area contributed by atoms with Crippen LogP contribution in [-0.2, 0) is 6.54 Å². The summed E-state index contributed by atoms with van der Waals surface area (Å²) in [6, 6.07) is 1.63. The third-order valence-corrected chi connectivity index (χ3v) is 2.95. The quantitative estimate of drug-likeness (QED) is 0.900. The lowest BCUT2D eigenvalue weighted by Gasteiger charge is -2.04. The van der Waals surface area contributed by atoms with E-state index in [1.54, 1.807) is 12.3 Å². The van der Waals surface area contributed by atoms with Crippen molar-refractivity contribution in [3.63, 3.8) is 0 Å². The number of carboxylic acid groups (broad SMARTS) is 1. The maximum absolute atomic E-state index is 11.0. The molecule has 0 saturated heterocycles. The number of aromatic carboxylic acids is 1. The maximum Gasteiger partial charge on any atom is 0.337 e. The zero-order valence-electron chi connectivity index (χ0n) is 10.6. The molecule has 0 radical (unpaired) electrons. The minimum atomic E-state index is -0.970. The molecule has 2 rings (SSSR count). The molecular formula is C13H15N3O2. The third-order valence-electron chi connectivity index (χ3n) is 2.95. The van der Waals surface area contributed by atoms with E-state index in [2.05, 4.69) is 10.1 Å². The number of rotatable bonds is 3. The van der Waals surface area contributed by atoms with Crippen molar-refractivity contribution in [2.24, 2.45) is 0 Å². The van der Waals surface area contributed by atoms with Gasteiger partial charge >= 0.3 is 5.97 Å². The Labute approximate surface area is 105 Å². The zero-order valence-corrected chi connectivity index (χ0v) is 10.6. The summed E-state index contributed by atoms with van der Waals surface area (Å²) < 4.78 is 1.90. The first-order valence-corrected chi connectivity index (χ1v) is 5.77. The van der Waals surface area contributed by atoms with E-state index in [0.29, 0.717) is 0 Å². The molecule has 0 saturated carbocycles. The van der Waals surface area contributed by atoms with Gasteiger partial charge in [-0.3, -0.25) is 9.67 Å². The lowest BCUT2D eigenvalue weighted by Crippen LogP contribution is -1.99. The molecule has 2 aromatic heterocycles. The molecular weight excluding hydrogens is 230 g/mol. The van der Waals surface area contributed by atoms with Crippen molar-refractivity contribution in [2.45, 2.75) is 27.3 Å². The summed E-state index contributed by atoms with van der Waals surface area (Å²) in [5.74, 6) is -0.970. The van der Waals surface area contributed by atoms with Crippen LogP contribution in [0.15, 0.2) is 18.5 Å². The molecule has 0 aromatic carbocycles. The highest BCUT2D eigenvalue weighted by atomic mass is 16.4. The van der Waals surface area contributed by atoms with Crippen LogP contribution in [0.1, 0.15) is 28.7 Å². The number of carboxylic acids is 1. The van der Waals surface area contributed by atoms with Crippen molar-refractivity contribution < 1.29 is 9.90 Å². The number of nitrogens with zero attached hydrogens (tertiary/aromatic N) is 3. The van der Waals surface area contributed by atoms with Crippen LogP contribution in [0.2, 0.25) is 0 Å². The Morgan fingerprint density at radius 2 is 2.11 bits per heavy atom. The van der Waals surface area contributed by atoms with Crippen molar-refractivity contribution in [3.8, 4) is 11.1 Å². The average molecular weight is 245 g/mol. The largest absolute Gasteiger partial charge is 0.478 e. The second-order valence-electron chi connectivity index (χ2n) is 4.13. The van der Waals surface area contributed by atoms with Crippen molar-refractivity contribution in [1.29, 1.82) is 0 Å². The second-order valence-corrected chi connectivity index (χ2v) is 4.13. The molecule has 0 aliphatic heterocycles. The molecule has 5 nitrogen and oxygen atoms in total. The molecule has 1 N–H and O–H groups in total. The van der Waals surface area contributed by atoms with E-state index in [0.717, 1.165) is 29.1 Å². The fourth-order valence-corrected chi connectivity index (χ4v) is 2.12. The Morgan fingerprint density at radius 1 is 1.39 bits per heavy atom. The van der Waals surface area contributed by atoms with Crippen LogP contribution in [0.5, 0.6) is 0 Å². The van der Waals surface area contributed by atoms with Crippen LogP contribution in [0.25, 0.3) is 11.1 Å². The first-order chi connectivity index (χ1) is 8.54. The van der Waals surface area contributed by atoms with Gasteiger partial charge in [0, 0.05) is 35.8 Å². The second kappa shape index (κ2) is 4.60. The summed E-state index contributed by atoms with van der Waals surface area (Å²) in [6.07, 6.45) is 3.02. The van der Waals surface area contributed by atoms with Gasteiger partial charge in [0.05, 0.1) is 11.3 Å². The van der Waals surface area contributed by atoms with E-state index in [1.807, 2.05) is 25.5 Å². The van der Waals surface area contributed by atoms with Gasteiger partial charge in [0.1, 0.15) is 0 Å². The number of carbonyl (C=O) groups is 1. The number of aromatic nitrogens is 3. The predicted octanol–water partition coefficient (Wildman–Crippen LogP) is 2.28. The van der Waals surface area contributed by atoms with Crippen molar-refractivity contribution in [2.75, 3.05) is 0 Å². The van der Waals surface area contributed by atoms with Gasteiger partial charge in [-0.2, -0.15) is 5.10 Å². The Morgan fingerprint density at radius 3 is 2.67 bits per heavy atom. The Bertz CT molecular complexity index is 602. The van der Waals surface area contributed by atoms with Gasteiger partial charge in [-0.15, -0.1) is 0 Å². The van der Waals surface area contributed by atoms with E-state index in [4.69, 9.17) is 5.11 Å². The summed E-state index contributed by atoms with van der Waals surface area (Å²) in [4.78, 5) is 14.9. The molecule has 0 spiro atoms. The van der Waals surface area contributed by atoms with E-state index in [1.165, 1.54) is 6.20 Å². The first-order valence-electron chi connectivity index (χ1n) is 5.77. The van der Waals surface area contributed by atoms with Gasteiger partial charge in [-0.25, -0.2) is 4.79 Å². The van der Waals surface area contributed by atoms with E-state index >= 15 is 0 Å². The van der Waals surface area contributed by atoms with E-state index < -0.39 is 5.97 Å². The smallest absolute Gasteiger partial charge is 0.337 e. The third kappa shape index (κ3) is 1.99. The Kier molecular flexibility index (Phi) is 3.14. The first kappa shape index (κ1) is 12.3. The Hall–Kier alpha value is -2.17. The van der Waals surface area contributed by atoms with Crippen molar-refractivity contribution in [3.05, 3.63) is 35.4 Å². The summed E-state index contributed by atoms with van der Waals surface area (Å²) in [5.41, 5.74) is 3.87. The molecule has 0 amide bonds. The van der Waals surface area contributed by atoms with E-state index in [9.17, 15) is 4.79 Å². The minimum absolute atomic E-state index is 0.190. The summed E-state index contributed by atoms with van der Waals surface area (Å²) in [6.45, 7) is 6.71. The molecule has 0 aliphatic rings. The van der Waals surface area contributed by atoms with Crippen LogP contribution >= 0.6 is 0 Å². The SMILES string of the molecule is CCn1nc(C)c(-c2cncc(C(=O)O)c2)c1C. The van der Waals surface area contributed by atoms with Gasteiger partial charge in [0.15, 0.2) is 0 Å². The van der Waals surface area contributed by atoms with Crippen LogP contribution in [0.3, 0.4) is 0 Å². The predicted molar refractivity (Wildman–Crippen MR) is 67.6 cm³/mol.